The third-order valence-corrected chi connectivity index (χ3v) is 3.15. The average molecular weight is 224 g/mol. The highest BCUT2D eigenvalue weighted by atomic mass is 16.5. The summed E-state index contributed by atoms with van der Waals surface area (Å²) in [4.78, 5) is 0. The Morgan fingerprint density at radius 1 is 1.50 bits per heavy atom. The van der Waals surface area contributed by atoms with Crippen LogP contribution in [-0.2, 0) is 18.2 Å². The van der Waals surface area contributed by atoms with Gasteiger partial charge in [0.15, 0.2) is 0 Å². The van der Waals surface area contributed by atoms with Crippen molar-refractivity contribution in [1.82, 2.24) is 9.78 Å². The predicted octanol–water partition coefficient (Wildman–Crippen LogP) is 1.24. The van der Waals surface area contributed by atoms with Gasteiger partial charge in [-0.3, -0.25) is 4.68 Å². The van der Waals surface area contributed by atoms with Gasteiger partial charge in [-0.15, -0.1) is 0 Å². The lowest BCUT2D eigenvalue weighted by atomic mass is 9.93. The van der Waals surface area contributed by atoms with Crippen LogP contribution in [0.2, 0.25) is 0 Å². The van der Waals surface area contributed by atoms with Gasteiger partial charge in [-0.25, -0.2) is 0 Å². The SMILES string of the molecule is Cn1cc(CCCO)c(C2CCOCC2)n1. The van der Waals surface area contributed by atoms with Crippen molar-refractivity contribution in [3.63, 3.8) is 0 Å². The van der Waals surface area contributed by atoms with Crippen molar-refractivity contribution in [2.24, 2.45) is 7.05 Å². The number of aromatic nitrogens is 2. The number of aliphatic hydroxyl groups is 1. The number of ether oxygens (including phenoxy) is 1. The van der Waals surface area contributed by atoms with Crippen molar-refractivity contribution in [3.8, 4) is 0 Å². The maximum Gasteiger partial charge on any atom is 0.0689 e. The zero-order chi connectivity index (χ0) is 11.4. The van der Waals surface area contributed by atoms with Crippen LogP contribution in [0.4, 0.5) is 0 Å². The van der Waals surface area contributed by atoms with E-state index in [0.29, 0.717) is 5.92 Å². The first-order chi connectivity index (χ1) is 7.81. The van der Waals surface area contributed by atoms with Gasteiger partial charge in [0, 0.05) is 39.0 Å². The van der Waals surface area contributed by atoms with E-state index in [4.69, 9.17) is 9.84 Å². The predicted molar refractivity (Wildman–Crippen MR) is 61.4 cm³/mol. The van der Waals surface area contributed by atoms with E-state index >= 15 is 0 Å². The molecule has 0 spiro atoms. The Morgan fingerprint density at radius 2 is 2.25 bits per heavy atom. The van der Waals surface area contributed by atoms with Gasteiger partial charge >= 0.3 is 0 Å². The zero-order valence-electron chi connectivity index (χ0n) is 9.85. The van der Waals surface area contributed by atoms with Crippen LogP contribution in [-0.4, -0.2) is 34.7 Å². The van der Waals surface area contributed by atoms with Crippen LogP contribution in [0.3, 0.4) is 0 Å². The summed E-state index contributed by atoms with van der Waals surface area (Å²) in [5.41, 5.74) is 2.52. The summed E-state index contributed by atoms with van der Waals surface area (Å²) < 4.78 is 7.26. The highest BCUT2D eigenvalue weighted by molar-refractivity contribution is 5.21. The van der Waals surface area contributed by atoms with E-state index in [9.17, 15) is 0 Å². The van der Waals surface area contributed by atoms with E-state index in [-0.39, 0.29) is 6.61 Å². The molecule has 0 radical (unpaired) electrons. The number of rotatable bonds is 4. The summed E-state index contributed by atoms with van der Waals surface area (Å²) >= 11 is 0. The fraction of sp³-hybridized carbons (Fsp3) is 0.750. The van der Waals surface area contributed by atoms with Crippen LogP contribution in [0.25, 0.3) is 0 Å². The summed E-state index contributed by atoms with van der Waals surface area (Å²) in [6.07, 6.45) is 5.98. The molecule has 1 saturated heterocycles. The van der Waals surface area contributed by atoms with Crippen molar-refractivity contribution in [3.05, 3.63) is 17.5 Å². The molecular formula is C12H20N2O2. The van der Waals surface area contributed by atoms with Crippen LogP contribution >= 0.6 is 0 Å². The molecule has 1 aromatic heterocycles. The molecule has 1 fully saturated rings. The second-order valence-corrected chi connectivity index (χ2v) is 4.43. The van der Waals surface area contributed by atoms with E-state index < -0.39 is 0 Å². The summed E-state index contributed by atoms with van der Waals surface area (Å²) in [5.74, 6) is 0.545. The number of hydrogen-bond acceptors (Lipinski definition) is 3. The Hall–Kier alpha value is -0.870. The Bertz CT molecular complexity index is 330. The van der Waals surface area contributed by atoms with E-state index in [1.165, 1.54) is 11.3 Å². The van der Waals surface area contributed by atoms with Gasteiger partial charge in [-0.2, -0.15) is 5.10 Å². The van der Waals surface area contributed by atoms with Gasteiger partial charge in [0.1, 0.15) is 0 Å². The minimum absolute atomic E-state index is 0.252. The molecule has 1 N–H and O–H groups in total. The second-order valence-electron chi connectivity index (χ2n) is 4.43. The van der Waals surface area contributed by atoms with Gasteiger partial charge in [-0.1, -0.05) is 0 Å². The maximum absolute atomic E-state index is 8.89. The van der Waals surface area contributed by atoms with Gasteiger partial charge in [0.05, 0.1) is 5.69 Å². The molecule has 0 saturated carbocycles. The fourth-order valence-corrected chi connectivity index (χ4v) is 2.33. The van der Waals surface area contributed by atoms with Crippen LogP contribution in [0.5, 0.6) is 0 Å². The molecule has 0 unspecified atom stereocenters. The fourth-order valence-electron chi connectivity index (χ4n) is 2.33. The minimum atomic E-state index is 0.252. The lowest BCUT2D eigenvalue weighted by molar-refractivity contribution is 0.0842. The molecule has 4 heteroatoms. The number of hydrogen-bond donors (Lipinski definition) is 1. The molecule has 2 rings (SSSR count). The quantitative estimate of drug-likeness (QED) is 0.837. The van der Waals surface area contributed by atoms with Crippen LogP contribution in [0.1, 0.15) is 36.4 Å². The highest BCUT2D eigenvalue weighted by Gasteiger charge is 2.21. The van der Waals surface area contributed by atoms with Crippen molar-refractivity contribution >= 4 is 0 Å². The molecular weight excluding hydrogens is 204 g/mol. The lowest BCUT2D eigenvalue weighted by Crippen LogP contribution is -2.15. The Kier molecular flexibility index (Phi) is 3.96. The third-order valence-electron chi connectivity index (χ3n) is 3.15. The van der Waals surface area contributed by atoms with Crippen LogP contribution in [0.15, 0.2) is 6.20 Å². The standard InChI is InChI=1S/C12H20N2O2/c1-14-9-11(3-2-6-15)12(13-14)10-4-7-16-8-5-10/h9-10,15H,2-8H2,1H3. The van der Waals surface area contributed by atoms with Crippen molar-refractivity contribution < 1.29 is 9.84 Å². The van der Waals surface area contributed by atoms with Crippen molar-refractivity contribution in [1.29, 1.82) is 0 Å². The monoisotopic (exact) mass is 224 g/mol. The second kappa shape index (κ2) is 5.46. The Balaban J connectivity index is 2.10. The summed E-state index contributed by atoms with van der Waals surface area (Å²) in [5, 5.41) is 13.5. The molecule has 0 aromatic carbocycles. The van der Waals surface area contributed by atoms with Gasteiger partial charge < -0.3 is 9.84 Å². The highest BCUT2D eigenvalue weighted by Crippen LogP contribution is 2.28. The zero-order valence-corrected chi connectivity index (χ0v) is 9.85. The summed E-state index contributed by atoms with van der Waals surface area (Å²) in [6, 6.07) is 0. The first-order valence-corrected chi connectivity index (χ1v) is 6.02. The van der Waals surface area contributed by atoms with E-state index in [1.807, 2.05) is 11.7 Å². The van der Waals surface area contributed by atoms with Gasteiger partial charge in [-0.05, 0) is 31.2 Å². The molecule has 90 valence electrons. The van der Waals surface area contributed by atoms with E-state index in [2.05, 4.69) is 11.3 Å². The third kappa shape index (κ3) is 2.62. The normalized spacial score (nSPS) is 17.9. The first-order valence-electron chi connectivity index (χ1n) is 6.02. The maximum atomic E-state index is 8.89. The molecule has 0 bridgehead atoms. The van der Waals surface area contributed by atoms with E-state index in [0.717, 1.165) is 38.9 Å². The summed E-state index contributed by atoms with van der Waals surface area (Å²) in [6.45, 7) is 1.95. The molecule has 2 heterocycles. The smallest absolute Gasteiger partial charge is 0.0689 e. The lowest BCUT2D eigenvalue weighted by Gasteiger charge is -2.21. The average Bonchev–Trinajstić information content (AvgIpc) is 2.69. The largest absolute Gasteiger partial charge is 0.396 e. The van der Waals surface area contributed by atoms with Crippen molar-refractivity contribution in [2.75, 3.05) is 19.8 Å². The molecule has 0 amide bonds. The van der Waals surface area contributed by atoms with Gasteiger partial charge in [0.25, 0.3) is 0 Å². The number of nitrogens with zero attached hydrogens (tertiary/aromatic N) is 2. The van der Waals surface area contributed by atoms with E-state index in [1.54, 1.807) is 0 Å². The number of aryl methyl sites for hydroxylation is 2. The van der Waals surface area contributed by atoms with Gasteiger partial charge in [0.2, 0.25) is 0 Å². The minimum Gasteiger partial charge on any atom is -0.396 e. The Morgan fingerprint density at radius 3 is 2.94 bits per heavy atom. The van der Waals surface area contributed by atoms with Crippen molar-refractivity contribution in [2.45, 2.75) is 31.6 Å². The molecule has 1 aliphatic heterocycles. The number of aliphatic hydroxyl groups excluding tert-OH is 1. The summed E-state index contributed by atoms with van der Waals surface area (Å²) in [7, 11) is 1.96. The molecule has 0 aliphatic carbocycles. The molecule has 1 aliphatic rings. The molecule has 16 heavy (non-hydrogen) atoms. The molecule has 4 nitrogen and oxygen atoms in total. The Labute approximate surface area is 96.2 Å². The molecule has 0 atom stereocenters. The van der Waals surface area contributed by atoms with Crippen LogP contribution < -0.4 is 0 Å². The topological polar surface area (TPSA) is 47.3 Å². The van der Waals surface area contributed by atoms with Crippen LogP contribution in [0, 0.1) is 0 Å². The molecule has 1 aromatic rings. The first kappa shape index (κ1) is 11.6.